The van der Waals surface area contributed by atoms with Crippen LogP contribution in [0.2, 0.25) is 0 Å². The molecule has 0 amide bonds. The van der Waals surface area contributed by atoms with Gasteiger partial charge in [-0.05, 0) is 18.4 Å². The Labute approximate surface area is 87.6 Å². The Hall–Kier alpha value is -1.34. The highest BCUT2D eigenvalue weighted by molar-refractivity contribution is 7.98. The molecule has 4 heteroatoms. The first-order chi connectivity index (χ1) is 6.78. The van der Waals surface area contributed by atoms with Crippen molar-refractivity contribution >= 4 is 11.8 Å². The largest absolute Gasteiger partial charge is 0.492 e. The molecular weight excluding hydrogens is 198 g/mol. The summed E-state index contributed by atoms with van der Waals surface area (Å²) >= 11 is 1.55. The average Bonchev–Trinajstić information content (AvgIpc) is 2.26. The number of hydrogen-bond donors (Lipinski definition) is 0. The van der Waals surface area contributed by atoms with Crippen molar-refractivity contribution in [1.29, 1.82) is 5.26 Å². The van der Waals surface area contributed by atoms with E-state index in [1.807, 2.05) is 12.3 Å². The van der Waals surface area contributed by atoms with Gasteiger partial charge >= 0.3 is 0 Å². The first kappa shape index (κ1) is 10.7. The standard InChI is InChI=1S/C10H11NO2S/c1-12-9-7(6-11)4-5-8(14-3)10(9)13-2/h4-5H,1-3H3. The van der Waals surface area contributed by atoms with Crippen LogP contribution in [-0.2, 0) is 0 Å². The summed E-state index contributed by atoms with van der Waals surface area (Å²) in [6.07, 6.45) is 1.95. The maximum Gasteiger partial charge on any atom is 0.179 e. The molecule has 0 saturated carbocycles. The molecule has 1 aromatic carbocycles. The lowest BCUT2D eigenvalue weighted by Gasteiger charge is -2.11. The number of ether oxygens (including phenoxy) is 2. The molecule has 0 aliphatic carbocycles. The van der Waals surface area contributed by atoms with Crippen LogP contribution in [0.3, 0.4) is 0 Å². The summed E-state index contributed by atoms with van der Waals surface area (Å²) in [7, 11) is 3.10. The molecule has 0 bridgehead atoms. The van der Waals surface area contributed by atoms with Gasteiger partial charge in [0.2, 0.25) is 0 Å². The number of methoxy groups -OCH3 is 2. The zero-order valence-corrected chi connectivity index (χ0v) is 9.14. The summed E-state index contributed by atoms with van der Waals surface area (Å²) in [6.45, 7) is 0. The Bertz CT molecular complexity index is 371. The van der Waals surface area contributed by atoms with E-state index in [2.05, 4.69) is 6.07 Å². The quantitative estimate of drug-likeness (QED) is 0.716. The van der Waals surface area contributed by atoms with Gasteiger partial charge in [-0.25, -0.2) is 0 Å². The second-order valence-electron chi connectivity index (χ2n) is 2.49. The third-order valence-electron chi connectivity index (χ3n) is 1.82. The smallest absolute Gasteiger partial charge is 0.179 e. The van der Waals surface area contributed by atoms with Gasteiger partial charge in [-0.15, -0.1) is 11.8 Å². The molecule has 0 N–H and O–H groups in total. The van der Waals surface area contributed by atoms with E-state index in [0.717, 1.165) is 4.90 Å². The Morgan fingerprint density at radius 1 is 1.21 bits per heavy atom. The van der Waals surface area contributed by atoms with Crippen LogP contribution in [-0.4, -0.2) is 20.5 Å². The predicted octanol–water partition coefficient (Wildman–Crippen LogP) is 2.30. The third-order valence-corrected chi connectivity index (χ3v) is 2.59. The van der Waals surface area contributed by atoms with Crippen LogP contribution < -0.4 is 9.47 Å². The summed E-state index contributed by atoms with van der Waals surface area (Å²) in [4.78, 5) is 0.961. The van der Waals surface area contributed by atoms with E-state index in [-0.39, 0.29) is 0 Å². The SMILES string of the molecule is COc1c(C#N)ccc(SC)c1OC. The molecule has 1 rings (SSSR count). The molecule has 0 fully saturated rings. The van der Waals surface area contributed by atoms with Gasteiger partial charge < -0.3 is 9.47 Å². The minimum absolute atomic E-state index is 0.488. The van der Waals surface area contributed by atoms with Crippen molar-refractivity contribution < 1.29 is 9.47 Å². The predicted molar refractivity (Wildman–Crippen MR) is 56.0 cm³/mol. The Kier molecular flexibility index (Phi) is 3.66. The van der Waals surface area contributed by atoms with Gasteiger partial charge in [-0.1, -0.05) is 0 Å². The number of rotatable bonds is 3. The fraction of sp³-hybridized carbons (Fsp3) is 0.300. The van der Waals surface area contributed by atoms with Crippen molar-refractivity contribution in [2.45, 2.75) is 4.90 Å². The summed E-state index contributed by atoms with van der Waals surface area (Å²) < 4.78 is 10.3. The molecule has 0 saturated heterocycles. The molecule has 0 heterocycles. The van der Waals surface area contributed by atoms with Crippen molar-refractivity contribution in [2.75, 3.05) is 20.5 Å². The molecule has 14 heavy (non-hydrogen) atoms. The lowest BCUT2D eigenvalue weighted by molar-refractivity contribution is 0.347. The number of nitrogens with zero attached hydrogens (tertiary/aromatic N) is 1. The minimum Gasteiger partial charge on any atom is -0.492 e. The lowest BCUT2D eigenvalue weighted by Crippen LogP contribution is -1.95. The first-order valence-corrected chi connectivity index (χ1v) is 5.20. The molecule has 0 aliphatic rings. The Morgan fingerprint density at radius 3 is 2.29 bits per heavy atom. The zero-order valence-electron chi connectivity index (χ0n) is 8.33. The maximum atomic E-state index is 8.84. The molecule has 0 spiro atoms. The molecular formula is C10H11NO2S. The zero-order chi connectivity index (χ0) is 10.6. The van der Waals surface area contributed by atoms with Gasteiger partial charge in [0.15, 0.2) is 11.5 Å². The van der Waals surface area contributed by atoms with E-state index in [0.29, 0.717) is 17.1 Å². The van der Waals surface area contributed by atoms with Crippen molar-refractivity contribution in [2.24, 2.45) is 0 Å². The highest BCUT2D eigenvalue weighted by atomic mass is 32.2. The van der Waals surface area contributed by atoms with E-state index in [9.17, 15) is 0 Å². The maximum absolute atomic E-state index is 8.84. The van der Waals surface area contributed by atoms with E-state index in [1.165, 1.54) is 7.11 Å². The molecule has 1 aromatic rings. The normalized spacial score (nSPS) is 9.29. The molecule has 0 aromatic heterocycles. The number of benzene rings is 1. The van der Waals surface area contributed by atoms with E-state index in [1.54, 1.807) is 24.9 Å². The molecule has 74 valence electrons. The number of nitriles is 1. The number of thioether (sulfide) groups is 1. The van der Waals surface area contributed by atoms with Crippen LogP contribution in [0.1, 0.15) is 5.56 Å². The fourth-order valence-electron chi connectivity index (χ4n) is 1.19. The van der Waals surface area contributed by atoms with Gasteiger partial charge in [0.05, 0.1) is 24.7 Å². The van der Waals surface area contributed by atoms with Crippen LogP contribution in [0.4, 0.5) is 0 Å². The minimum atomic E-state index is 0.488. The Balaban J connectivity index is 3.38. The summed E-state index contributed by atoms with van der Waals surface area (Å²) in [5.41, 5.74) is 0.488. The topological polar surface area (TPSA) is 42.2 Å². The van der Waals surface area contributed by atoms with Crippen LogP contribution in [0, 0.1) is 11.3 Å². The third kappa shape index (κ3) is 1.78. The van der Waals surface area contributed by atoms with Gasteiger partial charge in [-0.3, -0.25) is 0 Å². The molecule has 0 unspecified atom stereocenters. The van der Waals surface area contributed by atoms with E-state index < -0.39 is 0 Å². The van der Waals surface area contributed by atoms with Crippen LogP contribution >= 0.6 is 11.8 Å². The molecule has 3 nitrogen and oxygen atoms in total. The van der Waals surface area contributed by atoms with Gasteiger partial charge in [0.1, 0.15) is 6.07 Å². The lowest BCUT2D eigenvalue weighted by atomic mass is 10.2. The molecule has 0 atom stereocenters. The Morgan fingerprint density at radius 2 is 1.86 bits per heavy atom. The second kappa shape index (κ2) is 4.77. The highest BCUT2D eigenvalue weighted by Crippen LogP contribution is 2.38. The molecule has 0 radical (unpaired) electrons. The van der Waals surface area contributed by atoms with Crippen LogP contribution in [0.15, 0.2) is 17.0 Å². The van der Waals surface area contributed by atoms with Crippen molar-refractivity contribution in [3.8, 4) is 17.6 Å². The first-order valence-electron chi connectivity index (χ1n) is 3.97. The van der Waals surface area contributed by atoms with Gasteiger partial charge in [-0.2, -0.15) is 5.26 Å². The van der Waals surface area contributed by atoms with Crippen LogP contribution in [0.5, 0.6) is 11.5 Å². The summed E-state index contributed by atoms with van der Waals surface area (Å²) in [6, 6.07) is 5.64. The van der Waals surface area contributed by atoms with E-state index in [4.69, 9.17) is 14.7 Å². The second-order valence-corrected chi connectivity index (χ2v) is 3.34. The average molecular weight is 209 g/mol. The summed E-state index contributed by atoms with van der Waals surface area (Å²) in [5.74, 6) is 1.13. The van der Waals surface area contributed by atoms with Gasteiger partial charge in [0, 0.05) is 0 Å². The summed E-state index contributed by atoms with van der Waals surface area (Å²) in [5, 5.41) is 8.84. The van der Waals surface area contributed by atoms with E-state index >= 15 is 0 Å². The monoisotopic (exact) mass is 209 g/mol. The van der Waals surface area contributed by atoms with Gasteiger partial charge in [0.25, 0.3) is 0 Å². The molecule has 0 aliphatic heterocycles. The highest BCUT2D eigenvalue weighted by Gasteiger charge is 2.13. The van der Waals surface area contributed by atoms with Crippen molar-refractivity contribution in [3.05, 3.63) is 17.7 Å². The van der Waals surface area contributed by atoms with Crippen molar-refractivity contribution in [1.82, 2.24) is 0 Å². The van der Waals surface area contributed by atoms with Crippen LogP contribution in [0.25, 0.3) is 0 Å². The number of hydrogen-bond acceptors (Lipinski definition) is 4. The van der Waals surface area contributed by atoms with Crippen molar-refractivity contribution in [3.63, 3.8) is 0 Å². The fourth-order valence-corrected chi connectivity index (χ4v) is 1.75.